The van der Waals surface area contributed by atoms with E-state index in [1.54, 1.807) is 14.2 Å². The summed E-state index contributed by atoms with van der Waals surface area (Å²) < 4.78 is 10.6. The van der Waals surface area contributed by atoms with Gasteiger partial charge in [-0.05, 0) is 24.1 Å². The second-order valence-electron chi connectivity index (χ2n) is 4.62. The fraction of sp³-hybridized carbons (Fsp3) is 0.250. The third kappa shape index (κ3) is 3.67. The Balaban J connectivity index is 2.31. The number of hydrogen-bond donors (Lipinski definition) is 2. The molecule has 2 rings (SSSR count). The number of benzene rings is 2. The van der Waals surface area contributed by atoms with Gasteiger partial charge < -0.3 is 9.47 Å². The molecule has 0 aliphatic carbocycles. The van der Waals surface area contributed by atoms with E-state index in [0.717, 1.165) is 27.6 Å². The average Bonchev–Trinajstić information content (AvgIpc) is 2.53. The van der Waals surface area contributed by atoms with Crippen LogP contribution in [0.25, 0.3) is 0 Å². The number of nitrogens with two attached hydrogens (primary N) is 1. The summed E-state index contributed by atoms with van der Waals surface area (Å²) in [5.41, 5.74) is 4.81. The summed E-state index contributed by atoms with van der Waals surface area (Å²) in [5, 5.41) is 0.727. The standard InChI is InChI=1S/C16H19ClN2O2/c1-20-12-7-8-13(16(10-12)21-2)15(19-18)9-11-5-3-4-6-14(11)17/h3-8,10,15,19H,9,18H2,1-2H3. The van der Waals surface area contributed by atoms with Crippen LogP contribution in [-0.4, -0.2) is 14.2 Å². The monoisotopic (exact) mass is 306 g/mol. The van der Waals surface area contributed by atoms with Crippen molar-refractivity contribution in [2.75, 3.05) is 14.2 Å². The van der Waals surface area contributed by atoms with Crippen molar-refractivity contribution >= 4 is 11.6 Å². The summed E-state index contributed by atoms with van der Waals surface area (Å²) in [6.45, 7) is 0. The maximum absolute atomic E-state index is 6.21. The molecule has 0 aromatic heterocycles. The molecule has 112 valence electrons. The van der Waals surface area contributed by atoms with Gasteiger partial charge in [0.05, 0.1) is 20.3 Å². The normalized spacial score (nSPS) is 12.0. The molecule has 0 amide bonds. The van der Waals surface area contributed by atoms with Gasteiger partial charge in [-0.25, -0.2) is 0 Å². The molecule has 0 spiro atoms. The third-order valence-electron chi connectivity index (χ3n) is 3.40. The Kier molecular flexibility index (Phi) is 5.44. The molecule has 21 heavy (non-hydrogen) atoms. The van der Waals surface area contributed by atoms with Gasteiger partial charge in [0.2, 0.25) is 0 Å². The summed E-state index contributed by atoms with van der Waals surface area (Å²) in [5.74, 6) is 7.18. The van der Waals surface area contributed by atoms with E-state index in [4.69, 9.17) is 26.9 Å². The minimum atomic E-state index is -0.106. The Morgan fingerprint density at radius 2 is 1.90 bits per heavy atom. The lowest BCUT2D eigenvalue weighted by atomic mass is 9.98. The van der Waals surface area contributed by atoms with Crippen LogP contribution in [0.5, 0.6) is 11.5 Å². The highest BCUT2D eigenvalue weighted by Gasteiger charge is 2.17. The predicted octanol–water partition coefficient (Wildman–Crippen LogP) is 3.10. The predicted molar refractivity (Wildman–Crippen MR) is 84.8 cm³/mol. The molecule has 0 saturated heterocycles. The molecular formula is C16H19ClN2O2. The maximum atomic E-state index is 6.21. The maximum Gasteiger partial charge on any atom is 0.127 e. The van der Waals surface area contributed by atoms with Gasteiger partial charge in [-0.3, -0.25) is 11.3 Å². The number of rotatable bonds is 6. The molecule has 1 atom stereocenters. The van der Waals surface area contributed by atoms with Gasteiger partial charge >= 0.3 is 0 Å². The number of hydrazine groups is 1. The van der Waals surface area contributed by atoms with Crippen LogP contribution in [0.3, 0.4) is 0 Å². The zero-order chi connectivity index (χ0) is 15.2. The van der Waals surface area contributed by atoms with Crippen LogP contribution in [0.15, 0.2) is 42.5 Å². The van der Waals surface area contributed by atoms with Gasteiger partial charge in [0.25, 0.3) is 0 Å². The quantitative estimate of drug-likeness (QED) is 0.636. The summed E-state index contributed by atoms with van der Waals surface area (Å²) in [7, 11) is 3.25. The van der Waals surface area contributed by atoms with E-state index >= 15 is 0 Å². The van der Waals surface area contributed by atoms with Crippen molar-refractivity contribution in [3.8, 4) is 11.5 Å². The van der Waals surface area contributed by atoms with Gasteiger partial charge in [-0.1, -0.05) is 35.9 Å². The first kappa shape index (κ1) is 15.6. The van der Waals surface area contributed by atoms with Crippen LogP contribution >= 0.6 is 11.6 Å². The van der Waals surface area contributed by atoms with Crippen molar-refractivity contribution in [3.63, 3.8) is 0 Å². The van der Waals surface area contributed by atoms with Crippen LogP contribution in [0.2, 0.25) is 5.02 Å². The number of ether oxygens (including phenoxy) is 2. The van der Waals surface area contributed by atoms with Gasteiger partial charge in [-0.15, -0.1) is 0 Å². The molecule has 0 heterocycles. The molecule has 4 nitrogen and oxygen atoms in total. The highest BCUT2D eigenvalue weighted by molar-refractivity contribution is 6.31. The molecule has 0 aliphatic rings. The molecular weight excluding hydrogens is 288 g/mol. The Labute approximate surface area is 129 Å². The largest absolute Gasteiger partial charge is 0.497 e. The van der Waals surface area contributed by atoms with Gasteiger partial charge in [0.1, 0.15) is 11.5 Å². The molecule has 2 aromatic rings. The summed E-state index contributed by atoms with van der Waals surface area (Å²) in [6, 6.07) is 13.3. The van der Waals surface area contributed by atoms with Crippen LogP contribution in [0.4, 0.5) is 0 Å². The highest BCUT2D eigenvalue weighted by Crippen LogP contribution is 2.32. The molecule has 0 bridgehead atoms. The second kappa shape index (κ2) is 7.31. The Morgan fingerprint density at radius 3 is 2.52 bits per heavy atom. The van der Waals surface area contributed by atoms with Gasteiger partial charge in [0.15, 0.2) is 0 Å². The van der Waals surface area contributed by atoms with E-state index in [1.165, 1.54) is 0 Å². The smallest absolute Gasteiger partial charge is 0.127 e. The molecule has 2 aromatic carbocycles. The van der Waals surface area contributed by atoms with Gasteiger partial charge in [0, 0.05) is 16.7 Å². The summed E-state index contributed by atoms with van der Waals surface area (Å²) in [6.07, 6.45) is 0.666. The Morgan fingerprint density at radius 1 is 1.14 bits per heavy atom. The van der Waals surface area contributed by atoms with Crippen molar-refractivity contribution in [2.24, 2.45) is 5.84 Å². The first-order valence-electron chi connectivity index (χ1n) is 6.61. The van der Waals surface area contributed by atoms with Crippen LogP contribution in [-0.2, 0) is 6.42 Å². The lowest BCUT2D eigenvalue weighted by Gasteiger charge is -2.20. The fourth-order valence-corrected chi connectivity index (χ4v) is 2.46. The molecule has 1 unspecified atom stereocenters. The van der Waals surface area contributed by atoms with Crippen molar-refractivity contribution in [3.05, 3.63) is 58.6 Å². The number of hydrogen-bond acceptors (Lipinski definition) is 4. The van der Waals surface area contributed by atoms with Crippen LogP contribution in [0.1, 0.15) is 17.2 Å². The summed E-state index contributed by atoms with van der Waals surface area (Å²) in [4.78, 5) is 0. The van der Waals surface area contributed by atoms with E-state index in [-0.39, 0.29) is 6.04 Å². The van der Waals surface area contributed by atoms with E-state index in [9.17, 15) is 0 Å². The van der Waals surface area contributed by atoms with Crippen LogP contribution in [0, 0.1) is 0 Å². The molecule has 0 fully saturated rings. The van der Waals surface area contributed by atoms with Crippen molar-refractivity contribution in [1.29, 1.82) is 0 Å². The van der Waals surface area contributed by atoms with E-state index in [1.807, 2.05) is 42.5 Å². The third-order valence-corrected chi connectivity index (χ3v) is 3.77. The minimum Gasteiger partial charge on any atom is -0.497 e. The first-order valence-corrected chi connectivity index (χ1v) is 6.98. The Hall–Kier alpha value is -1.75. The molecule has 0 radical (unpaired) electrons. The summed E-state index contributed by atoms with van der Waals surface area (Å²) >= 11 is 6.21. The van der Waals surface area contributed by atoms with Gasteiger partial charge in [-0.2, -0.15) is 0 Å². The number of methoxy groups -OCH3 is 2. The topological polar surface area (TPSA) is 56.5 Å². The van der Waals surface area contributed by atoms with E-state index < -0.39 is 0 Å². The molecule has 3 N–H and O–H groups in total. The number of halogens is 1. The lowest BCUT2D eigenvalue weighted by Crippen LogP contribution is -2.30. The minimum absolute atomic E-state index is 0.106. The zero-order valence-electron chi connectivity index (χ0n) is 12.1. The second-order valence-corrected chi connectivity index (χ2v) is 5.03. The fourth-order valence-electron chi connectivity index (χ4n) is 2.25. The van der Waals surface area contributed by atoms with E-state index in [0.29, 0.717) is 6.42 Å². The molecule has 5 heteroatoms. The van der Waals surface area contributed by atoms with E-state index in [2.05, 4.69) is 5.43 Å². The SMILES string of the molecule is COc1ccc(C(Cc2ccccc2Cl)NN)c(OC)c1. The average molecular weight is 307 g/mol. The number of nitrogens with one attached hydrogen (secondary N) is 1. The highest BCUT2D eigenvalue weighted by atomic mass is 35.5. The van der Waals surface area contributed by atoms with Crippen LogP contribution < -0.4 is 20.7 Å². The molecule has 0 saturated carbocycles. The zero-order valence-corrected chi connectivity index (χ0v) is 12.9. The van der Waals surface area contributed by atoms with Crippen molar-refractivity contribution in [2.45, 2.75) is 12.5 Å². The van der Waals surface area contributed by atoms with Crippen molar-refractivity contribution < 1.29 is 9.47 Å². The lowest BCUT2D eigenvalue weighted by molar-refractivity contribution is 0.384. The van der Waals surface area contributed by atoms with Crippen molar-refractivity contribution in [1.82, 2.24) is 5.43 Å². The molecule has 0 aliphatic heterocycles. The Bertz CT molecular complexity index is 605. The first-order chi connectivity index (χ1) is 10.2.